The van der Waals surface area contributed by atoms with Gasteiger partial charge in [-0.2, -0.15) is 0 Å². The quantitative estimate of drug-likeness (QED) is 0.203. The minimum atomic E-state index is -1.78. The number of hydrogen-bond acceptors (Lipinski definition) is 12. The molecular weight excluding hydrogens is 456 g/mol. The normalized spacial score (nSPS) is 24.8. The number of aromatic hydroxyl groups is 4. The summed E-state index contributed by atoms with van der Waals surface area (Å²) in [7, 11) is 1.22. The third-order valence-corrected chi connectivity index (χ3v) is 5.54. The van der Waals surface area contributed by atoms with Crippen LogP contribution in [0.4, 0.5) is 0 Å². The Morgan fingerprint density at radius 2 is 1.62 bits per heavy atom. The molecule has 12 nitrogen and oxygen atoms in total. The van der Waals surface area contributed by atoms with Gasteiger partial charge in [0.2, 0.25) is 23.2 Å². The lowest BCUT2D eigenvalue weighted by Gasteiger charge is -2.38. The summed E-state index contributed by atoms with van der Waals surface area (Å²) in [5.41, 5.74) is -1.46. The van der Waals surface area contributed by atoms with Crippen molar-refractivity contribution in [1.29, 1.82) is 0 Å². The van der Waals surface area contributed by atoms with E-state index in [0.717, 1.165) is 18.2 Å². The van der Waals surface area contributed by atoms with E-state index in [9.17, 15) is 40.5 Å². The highest BCUT2D eigenvalue weighted by Crippen LogP contribution is 2.44. The molecule has 1 fully saturated rings. The number of rotatable bonds is 4. The number of ether oxygens (including phenoxy) is 3. The van der Waals surface area contributed by atoms with E-state index in [2.05, 4.69) is 0 Å². The van der Waals surface area contributed by atoms with Crippen molar-refractivity contribution in [2.24, 2.45) is 0 Å². The number of benzene rings is 2. The Morgan fingerprint density at radius 1 is 0.912 bits per heavy atom. The fourth-order valence-electron chi connectivity index (χ4n) is 3.64. The van der Waals surface area contributed by atoms with Crippen molar-refractivity contribution < 1.29 is 54.4 Å². The molecule has 12 heteroatoms. The van der Waals surface area contributed by atoms with Gasteiger partial charge >= 0.3 is 0 Å². The third kappa shape index (κ3) is 3.72. The molecular formula is C22H22O12. The highest BCUT2D eigenvalue weighted by atomic mass is 16.7. The van der Waals surface area contributed by atoms with E-state index in [4.69, 9.17) is 18.6 Å². The summed E-state index contributed by atoms with van der Waals surface area (Å²) in [6.45, 7) is 1.41. The highest BCUT2D eigenvalue weighted by molar-refractivity contribution is 5.93. The minimum Gasteiger partial charge on any atom is -0.507 e. The second-order valence-electron chi connectivity index (χ2n) is 7.74. The van der Waals surface area contributed by atoms with Gasteiger partial charge in [-0.25, -0.2) is 0 Å². The van der Waals surface area contributed by atoms with Gasteiger partial charge in [0.25, 0.3) is 0 Å². The first-order valence-electron chi connectivity index (χ1n) is 10.0. The van der Waals surface area contributed by atoms with Gasteiger partial charge in [-0.1, -0.05) is 0 Å². The lowest BCUT2D eigenvalue weighted by Crippen LogP contribution is -2.58. The van der Waals surface area contributed by atoms with Crippen molar-refractivity contribution in [3.05, 3.63) is 34.5 Å². The number of aliphatic hydroxyl groups is 3. The average molecular weight is 478 g/mol. The maximum absolute atomic E-state index is 13.4. The van der Waals surface area contributed by atoms with Crippen molar-refractivity contribution in [2.45, 2.75) is 37.6 Å². The zero-order chi connectivity index (χ0) is 24.9. The molecule has 182 valence electrons. The predicted molar refractivity (Wildman–Crippen MR) is 114 cm³/mol. The monoisotopic (exact) mass is 478 g/mol. The van der Waals surface area contributed by atoms with Gasteiger partial charge in [0, 0.05) is 11.6 Å². The summed E-state index contributed by atoms with van der Waals surface area (Å²) in [5.74, 6) is -3.43. The molecule has 1 aliphatic heterocycles. The molecule has 0 saturated carbocycles. The molecule has 0 spiro atoms. The molecule has 3 aromatic rings. The molecule has 0 unspecified atom stereocenters. The largest absolute Gasteiger partial charge is 0.507 e. The molecule has 1 aliphatic rings. The number of fused-ring (bicyclic) bond motifs is 1. The molecule has 2 heterocycles. The molecule has 0 aliphatic carbocycles. The smallest absolute Gasteiger partial charge is 0.239 e. The zero-order valence-corrected chi connectivity index (χ0v) is 17.9. The van der Waals surface area contributed by atoms with Crippen LogP contribution in [0, 0.1) is 0 Å². The molecule has 2 aromatic carbocycles. The molecule has 1 aromatic heterocycles. The Balaban J connectivity index is 1.97. The van der Waals surface area contributed by atoms with Gasteiger partial charge in [0.05, 0.1) is 13.2 Å². The SMILES string of the molecule is COc1cc(O)c2c(=O)c(O[C@H]3O[C@@H](C)[C@@H](O)[C@@H](O)[C@H]3O)c(-c3ccc(O)c(O)c3)oc2c1O. The first-order valence-corrected chi connectivity index (χ1v) is 10.0. The van der Waals surface area contributed by atoms with Crippen LogP contribution in [0.2, 0.25) is 0 Å². The maximum Gasteiger partial charge on any atom is 0.239 e. The Bertz CT molecular complexity index is 1300. The molecule has 4 rings (SSSR count). The first-order chi connectivity index (χ1) is 16.0. The molecule has 1 saturated heterocycles. The molecule has 5 atom stereocenters. The van der Waals surface area contributed by atoms with Crippen LogP contribution in [0.5, 0.6) is 34.5 Å². The first kappa shape index (κ1) is 23.4. The van der Waals surface area contributed by atoms with Gasteiger partial charge in [-0.3, -0.25) is 4.79 Å². The topological polar surface area (TPSA) is 200 Å². The predicted octanol–water partition coefficient (Wildman–Crippen LogP) is 0.497. The summed E-state index contributed by atoms with van der Waals surface area (Å²) in [6.07, 6.45) is -7.50. The Kier molecular flexibility index (Phi) is 5.91. The Morgan fingerprint density at radius 3 is 2.26 bits per heavy atom. The second kappa shape index (κ2) is 8.57. The average Bonchev–Trinajstić information content (AvgIpc) is 2.81. The van der Waals surface area contributed by atoms with Gasteiger partial charge in [0.1, 0.15) is 29.4 Å². The van der Waals surface area contributed by atoms with Crippen LogP contribution in [0.25, 0.3) is 22.3 Å². The van der Waals surface area contributed by atoms with Crippen LogP contribution in [0.3, 0.4) is 0 Å². The van der Waals surface area contributed by atoms with Crippen molar-refractivity contribution in [3.63, 3.8) is 0 Å². The van der Waals surface area contributed by atoms with E-state index in [1.54, 1.807) is 0 Å². The van der Waals surface area contributed by atoms with E-state index < -0.39 is 75.9 Å². The van der Waals surface area contributed by atoms with Crippen molar-refractivity contribution in [1.82, 2.24) is 0 Å². The van der Waals surface area contributed by atoms with Crippen LogP contribution < -0.4 is 14.9 Å². The molecule has 0 amide bonds. The number of phenols is 4. The highest BCUT2D eigenvalue weighted by Gasteiger charge is 2.44. The van der Waals surface area contributed by atoms with Gasteiger partial charge in [-0.05, 0) is 25.1 Å². The molecule has 0 radical (unpaired) electrons. The molecule has 0 bridgehead atoms. The van der Waals surface area contributed by atoms with Gasteiger partial charge in [0.15, 0.2) is 28.6 Å². The van der Waals surface area contributed by atoms with Gasteiger partial charge in [-0.15, -0.1) is 0 Å². The van der Waals surface area contributed by atoms with E-state index >= 15 is 0 Å². The van der Waals surface area contributed by atoms with Crippen molar-refractivity contribution in [3.8, 4) is 45.8 Å². The van der Waals surface area contributed by atoms with Crippen molar-refractivity contribution >= 4 is 11.0 Å². The fourth-order valence-corrected chi connectivity index (χ4v) is 3.64. The number of phenolic OH excluding ortho intramolecular Hbond substituents is 4. The summed E-state index contributed by atoms with van der Waals surface area (Å²) in [4.78, 5) is 13.4. The lowest BCUT2D eigenvalue weighted by atomic mass is 10.00. The van der Waals surface area contributed by atoms with Crippen LogP contribution in [0.15, 0.2) is 33.5 Å². The summed E-state index contributed by atoms with van der Waals surface area (Å²) in [5, 5.41) is 70.3. The number of aliphatic hydroxyl groups excluding tert-OH is 3. The molecule has 7 N–H and O–H groups in total. The van der Waals surface area contributed by atoms with Crippen LogP contribution >= 0.6 is 0 Å². The lowest BCUT2D eigenvalue weighted by molar-refractivity contribution is -0.268. The number of methoxy groups -OCH3 is 1. The number of hydrogen-bond donors (Lipinski definition) is 7. The Labute approximate surface area is 191 Å². The van der Waals surface area contributed by atoms with E-state index in [0.29, 0.717) is 0 Å². The minimum absolute atomic E-state index is 0.00457. The standard InChI is InChI=1S/C22H22O12/c1-7-14(26)17(29)18(30)22(32-7)34-21-16(28)13-11(25)6-12(31-2)15(27)20(13)33-19(21)8-3-4-9(23)10(24)5-8/h3-7,14,17-18,22-27,29-30H,1-2H3/t7-,14+,17+,18+,22+/m0/s1. The zero-order valence-electron chi connectivity index (χ0n) is 17.9. The summed E-state index contributed by atoms with van der Waals surface area (Å²) < 4.78 is 21.7. The second-order valence-corrected chi connectivity index (χ2v) is 7.74. The van der Waals surface area contributed by atoms with E-state index in [1.807, 2.05) is 0 Å². The third-order valence-electron chi connectivity index (χ3n) is 5.54. The molecule has 34 heavy (non-hydrogen) atoms. The van der Waals surface area contributed by atoms with Crippen LogP contribution in [0.1, 0.15) is 6.92 Å². The van der Waals surface area contributed by atoms with Crippen LogP contribution in [-0.4, -0.2) is 73.6 Å². The van der Waals surface area contributed by atoms with Crippen LogP contribution in [-0.2, 0) is 4.74 Å². The van der Waals surface area contributed by atoms with Gasteiger partial charge < -0.3 is 54.4 Å². The summed E-state index contributed by atoms with van der Waals surface area (Å²) in [6, 6.07) is 4.40. The van der Waals surface area contributed by atoms with Crippen molar-refractivity contribution in [2.75, 3.05) is 7.11 Å². The summed E-state index contributed by atoms with van der Waals surface area (Å²) >= 11 is 0. The fraction of sp³-hybridized carbons (Fsp3) is 0.318. The van der Waals surface area contributed by atoms with E-state index in [-0.39, 0.29) is 17.1 Å². The van der Waals surface area contributed by atoms with E-state index in [1.165, 1.54) is 20.1 Å². The Hall–Kier alpha value is -3.71. The maximum atomic E-state index is 13.4.